The summed E-state index contributed by atoms with van der Waals surface area (Å²) in [6.07, 6.45) is -1.78. The van der Waals surface area contributed by atoms with Gasteiger partial charge in [-0.05, 0) is 56.0 Å². The molecule has 9 rings (SSSR count). The summed E-state index contributed by atoms with van der Waals surface area (Å²) in [5.74, 6) is -1.42. The number of fused-ring (bicyclic) bond motifs is 6. The molecular weight excluding hydrogens is 812 g/mol. The minimum Gasteiger partial charge on any atom is -0.464 e. The van der Waals surface area contributed by atoms with E-state index in [4.69, 9.17) is 28.3 Å². The Labute approximate surface area is 356 Å². The summed E-state index contributed by atoms with van der Waals surface area (Å²) in [7, 11) is 1.52. The third-order valence-corrected chi connectivity index (χ3v) is 12.9. The van der Waals surface area contributed by atoms with Gasteiger partial charge in [-0.1, -0.05) is 26.8 Å². The molecule has 2 N–H and O–H groups in total. The van der Waals surface area contributed by atoms with Crippen LogP contribution in [0.5, 0.6) is 0 Å². The van der Waals surface area contributed by atoms with Gasteiger partial charge in [-0.2, -0.15) is 13.2 Å². The van der Waals surface area contributed by atoms with Crippen LogP contribution in [-0.4, -0.2) is 120 Å². The van der Waals surface area contributed by atoms with Crippen molar-refractivity contribution in [2.45, 2.75) is 90.0 Å². The number of halogens is 3. The second kappa shape index (κ2) is 16.0. The van der Waals surface area contributed by atoms with Crippen molar-refractivity contribution in [2.75, 3.05) is 53.2 Å². The molecule has 0 aliphatic carbocycles. The summed E-state index contributed by atoms with van der Waals surface area (Å²) in [6, 6.07) is 5.61. The normalized spacial score (nSPS) is 26.8. The lowest BCUT2D eigenvalue weighted by molar-refractivity contribution is -0.205. The van der Waals surface area contributed by atoms with Crippen molar-refractivity contribution >= 4 is 28.7 Å². The molecule has 1 spiro atoms. The maximum absolute atomic E-state index is 14.8. The van der Waals surface area contributed by atoms with Crippen LogP contribution in [0.2, 0.25) is 0 Å². The Hall–Kier alpha value is -4.88. The van der Waals surface area contributed by atoms with Crippen LogP contribution >= 0.6 is 0 Å². The van der Waals surface area contributed by atoms with Crippen LogP contribution in [0.1, 0.15) is 69.8 Å². The molecule has 1 aromatic carbocycles. The number of amides is 2. The number of rotatable bonds is 7. The molecule has 4 fully saturated rings. The molecule has 0 radical (unpaired) electrons. The lowest BCUT2D eigenvalue weighted by Gasteiger charge is -2.57. The Bertz CT molecular complexity index is 2370. The Morgan fingerprint density at radius 3 is 2.61 bits per heavy atom. The first-order chi connectivity index (χ1) is 29.5. The number of esters is 1. The molecule has 6 bridgehead atoms. The highest BCUT2D eigenvalue weighted by Crippen LogP contribution is 2.46. The number of ether oxygens (including phenoxy) is 4. The van der Waals surface area contributed by atoms with Crippen molar-refractivity contribution in [2.24, 2.45) is 16.7 Å². The number of alkyl halides is 3. The number of methoxy groups -OCH3 is 1. The van der Waals surface area contributed by atoms with Crippen LogP contribution in [0.3, 0.4) is 0 Å². The van der Waals surface area contributed by atoms with Crippen molar-refractivity contribution in [3.8, 4) is 22.5 Å². The monoisotopic (exact) mass is 863 g/mol. The van der Waals surface area contributed by atoms with E-state index in [0.717, 1.165) is 0 Å². The third-order valence-electron chi connectivity index (χ3n) is 12.9. The minimum absolute atomic E-state index is 0.0635. The zero-order chi connectivity index (χ0) is 43.7. The van der Waals surface area contributed by atoms with Crippen molar-refractivity contribution < 1.29 is 50.9 Å². The summed E-state index contributed by atoms with van der Waals surface area (Å²) in [6.45, 7) is 9.00. The molecule has 0 saturated carbocycles. The van der Waals surface area contributed by atoms with E-state index in [2.05, 4.69) is 15.7 Å². The number of carbonyl (C=O) groups is 3. The maximum atomic E-state index is 14.8. The summed E-state index contributed by atoms with van der Waals surface area (Å²) >= 11 is 0. The topological polar surface area (TPSA) is 163 Å². The first kappa shape index (κ1) is 42.4. The van der Waals surface area contributed by atoms with Gasteiger partial charge < -0.3 is 33.2 Å². The van der Waals surface area contributed by atoms with E-state index in [1.165, 1.54) is 22.9 Å². The number of nitrogens with zero attached hydrogens (tertiary/aromatic N) is 5. The van der Waals surface area contributed by atoms with E-state index in [1.807, 2.05) is 31.7 Å². The number of benzene rings is 1. The van der Waals surface area contributed by atoms with Crippen LogP contribution in [0, 0.1) is 16.7 Å². The van der Waals surface area contributed by atoms with E-state index >= 15 is 0 Å². The van der Waals surface area contributed by atoms with Crippen molar-refractivity contribution in [1.29, 1.82) is 0 Å². The fourth-order valence-corrected chi connectivity index (χ4v) is 9.53. The van der Waals surface area contributed by atoms with Gasteiger partial charge >= 0.3 is 12.1 Å². The third kappa shape index (κ3) is 7.88. The summed E-state index contributed by atoms with van der Waals surface area (Å²) in [4.78, 5) is 54.2. The Morgan fingerprint density at radius 1 is 1.15 bits per heavy atom. The number of aromatic nitrogens is 3. The number of nitrogens with one attached hydrogen (secondary N) is 2. The Balaban J connectivity index is 1.22. The number of pyridine rings is 1. The van der Waals surface area contributed by atoms with Gasteiger partial charge in [0.15, 0.2) is 0 Å². The lowest BCUT2D eigenvalue weighted by atomic mass is 9.76. The maximum Gasteiger partial charge on any atom is 0.406 e. The molecule has 3 aromatic heterocycles. The highest BCUT2D eigenvalue weighted by Gasteiger charge is 2.55. The smallest absolute Gasteiger partial charge is 0.406 e. The quantitative estimate of drug-likeness (QED) is 0.236. The highest BCUT2D eigenvalue weighted by molar-refractivity contribution is 5.95. The predicted molar refractivity (Wildman–Crippen MR) is 217 cm³/mol. The molecule has 18 heteroatoms. The Kier molecular flexibility index (Phi) is 11.0. The number of carbonyl (C=O) groups excluding carboxylic acids is 3. The fourth-order valence-electron chi connectivity index (χ4n) is 9.53. The van der Waals surface area contributed by atoms with Crippen molar-refractivity contribution in [3.63, 3.8) is 0 Å². The van der Waals surface area contributed by atoms with E-state index in [-0.39, 0.29) is 36.8 Å². The largest absolute Gasteiger partial charge is 0.464 e. The highest BCUT2D eigenvalue weighted by atomic mass is 19.4. The summed E-state index contributed by atoms with van der Waals surface area (Å²) in [5.41, 5.74) is 5.35. The molecule has 4 aromatic rings. The number of likely N-dealkylation sites (tertiary alicyclic amines) is 1. The van der Waals surface area contributed by atoms with Crippen LogP contribution in [-0.2, 0) is 46.3 Å². The van der Waals surface area contributed by atoms with Gasteiger partial charge in [-0.15, -0.1) is 0 Å². The Morgan fingerprint density at radius 2 is 1.94 bits per heavy atom. The average Bonchev–Trinajstić information content (AvgIpc) is 3.80. The molecular formula is C44H52F3N7O8. The average molecular weight is 864 g/mol. The second-order valence-electron chi connectivity index (χ2n) is 18.5. The van der Waals surface area contributed by atoms with Gasteiger partial charge in [-0.3, -0.25) is 29.3 Å². The number of hydrazine groups is 1. The molecule has 6 atom stereocenters. The summed E-state index contributed by atoms with van der Waals surface area (Å²) in [5, 5.41) is 4.91. The molecule has 62 heavy (non-hydrogen) atoms. The summed E-state index contributed by atoms with van der Waals surface area (Å²) < 4.78 is 74.4. The minimum atomic E-state index is -4.59. The van der Waals surface area contributed by atoms with Crippen LogP contribution in [0.15, 0.2) is 47.2 Å². The first-order valence-corrected chi connectivity index (χ1v) is 21.2. The number of oxazole rings is 1. The molecule has 0 unspecified atom stereocenters. The van der Waals surface area contributed by atoms with E-state index in [1.54, 1.807) is 37.4 Å². The van der Waals surface area contributed by atoms with Gasteiger partial charge in [0.05, 0.1) is 43.9 Å². The fraction of sp³-hybridized carbons (Fsp3) is 0.568. The van der Waals surface area contributed by atoms with E-state index < -0.39 is 66.3 Å². The van der Waals surface area contributed by atoms with E-state index in [0.29, 0.717) is 90.4 Å². The molecule has 4 saturated heterocycles. The van der Waals surface area contributed by atoms with Gasteiger partial charge in [0.25, 0.3) is 5.91 Å². The lowest BCUT2D eigenvalue weighted by Crippen LogP contribution is -2.70. The number of cyclic esters (lactones) is 1. The molecule has 15 nitrogen and oxygen atoms in total. The standard InChI is InChI=1S/C44H52F3N7O8/c1-24-16-60-37(24)38(55)50-34-36(52-18-43(19-52)22-59-23-43)39-49-31(17-61-39)26-10-11-32-28(14-26)29(15-42(3,4)21-62-41(57)30-9-7-13-54(51-30)40(34)56)35(53(32)20-44(45,46)47)27-8-6-12-48-33(27)25(2)58-5/h6,8,10-12,14,17,24-25,30,34,36-37,51H,7,9,13,15-16,18-23H2,1-5H3,(H,50,55)/t24-,25-,30-,34-,36-,37+/m0/s1. The van der Waals surface area contributed by atoms with Gasteiger partial charge in [-0.25, -0.2) is 10.4 Å². The van der Waals surface area contributed by atoms with Gasteiger partial charge in [0.1, 0.15) is 42.7 Å². The van der Waals surface area contributed by atoms with Crippen LogP contribution in [0.4, 0.5) is 13.2 Å². The van der Waals surface area contributed by atoms with Crippen LogP contribution in [0.25, 0.3) is 33.4 Å². The van der Waals surface area contributed by atoms with Gasteiger partial charge in [0, 0.05) is 71.7 Å². The predicted octanol–water partition coefficient (Wildman–Crippen LogP) is 5.14. The molecule has 8 heterocycles. The number of hydrogen-bond donors (Lipinski definition) is 2. The zero-order valence-electron chi connectivity index (χ0n) is 35.4. The molecule has 5 aliphatic rings. The van der Waals surface area contributed by atoms with E-state index in [9.17, 15) is 27.6 Å². The SMILES string of the molecule is CO[C@@H](C)c1ncccc1-c1c2c3cc(ccc3n1CC(F)(F)F)-c1coc(n1)[C@@H](N1CC3(COC3)C1)[C@H](NC(=O)[C@@H]1OC[C@@H]1C)C(=O)N1CCC[C@H](N1)C(=O)OCC(C)(C)C2. The van der Waals surface area contributed by atoms with Gasteiger partial charge in [0.2, 0.25) is 11.8 Å². The number of hydrogen-bond acceptors (Lipinski definition) is 12. The second-order valence-corrected chi connectivity index (χ2v) is 18.5. The van der Waals surface area contributed by atoms with Crippen LogP contribution < -0.4 is 10.7 Å². The van der Waals surface area contributed by atoms with Crippen molar-refractivity contribution in [3.05, 3.63) is 59.9 Å². The van der Waals surface area contributed by atoms with Crippen molar-refractivity contribution in [1.82, 2.24) is 35.2 Å². The molecule has 2 amide bonds. The zero-order valence-corrected chi connectivity index (χ0v) is 35.4. The molecule has 5 aliphatic heterocycles. The first-order valence-electron chi connectivity index (χ1n) is 21.2. The molecule has 332 valence electrons.